The molecule has 4 aromatic rings. The average molecular weight is 467 g/mol. The number of rotatable bonds is 6. The zero-order valence-corrected chi connectivity index (χ0v) is 18.0. The Morgan fingerprint density at radius 1 is 1.09 bits per heavy atom. The molecule has 0 atom stereocenters. The van der Waals surface area contributed by atoms with Gasteiger partial charge in [0.25, 0.3) is 17.3 Å². The summed E-state index contributed by atoms with van der Waals surface area (Å²) in [6.07, 6.45) is 1.46. The Morgan fingerprint density at radius 3 is 2.44 bits per heavy atom. The molecule has 4 rings (SSSR count). The molecule has 0 saturated heterocycles. The predicted octanol–water partition coefficient (Wildman–Crippen LogP) is 5.16. The summed E-state index contributed by atoms with van der Waals surface area (Å²) in [5.74, 6) is -0.777. The number of thiazole rings is 1. The molecule has 0 radical (unpaired) electrons. The van der Waals surface area contributed by atoms with E-state index >= 15 is 0 Å². The van der Waals surface area contributed by atoms with Gasteiger partial charge in [-0.05, 0) is 36.1 Å². The lowest BCUT2D eigenvalue weighted by Gasteiger charge is -2.13. The van der Waals surface area contributed by atoms with Crippen LogP contribution in [0, 0.1) is 27.2 Å². The number of carbonyl (C=O) groups is 1. The zero-order valence-electron chi connectivity index (χ0n) is 16.4. The van der Waals surface area contributed by atoms with E-state index in [0.29, 0.717) is 5.52 Å². The number of hydrogen-bond donors (Lipinski definition) is 0. The van der Waals surface area contributed by atoms with E-state index in [1.54, 1.807) is 6.07 Å². The summed E-state index contributed by atoms with van der Waals surface area (Å²) >= 11 is 2.62. The van der Waals surface area contributed by atoms with Crippen LogP contribution in [0.1, 0.15) is 20.8 Å². The molecule has 0 aliphatic carbocycles. The van der Waals surface area contributed by atoms with Gasteiger partial charge in [0.1, 0.15) is 0 Å². The first-order valence-electron chi connectivity index (χ1n) is 9.05. The number of hydrogen-bond acceptors (Lipinski definition) is 9. The maximum Gasteiger partial charge on any atom is 0.281 e. The van der Waals surface area contributed by atoms with Gasteiger partial charge in [0.15, 0.2) is 0 Å². The number of carbonyl (C=O) groups excluding carboxylic acids is 1. The molecule has 2 aromatic heterocycles. The highest BCUT2D eigenvalue weighted by atomic mass is 32.1. The lowest BCUT2D eigenvalue weighted by molar-refractivity contribution is -0.394. The number of fused-ring (bicyclic) bond motifs is 1. The topological polar surface area (TPSA) is 132 Å². The molecule has 0 unspecified atom stereocenters. The standard InChI is InChI=1S/C20H13N5O5S2/c1-12-4-5-17-18(7-12)32-20(22-17)23(21-11-16-3-2-6-31-16)19(26)13-8-14(24(27)28)10-15(9-13)25(29)30/h2-11H,1H3/b21-11+. The molecule has 160 valence electrons. The van der Waals surface area contributed by atoms with E-state index in [-0.39, 0.29) is 10.7 Å². The van der Waals surface area contributed by atoms with Crippen molar-refractivity contribution in [2.24, 2.45) is 5.10 Å². The Morgan fingerprint density at radius 2 is 1.81 bits per heavy atom. The molecule has 2 aromatic carbocycles. The van der Waals surface area contributed by atoms with Crippen molar-refractivity contribution in [2.45, 2.75) is 6.92 Å². The third kappa shape index (κ3) is 4.36. The highest BCUT2D eigenvalue weighted by Crippen LogP contribution is 2.32. The number of non-ortho nitro benzene ring substituents is 2. The lowest BCUT2D eigenvalue weighted by atomic mass is 10.1. The van der Waals surface area contributed by atoms with Crippen molar-refractivity contribution in [3.05, 3.63) is 90.1 Å². The number of nitrogens with zero attached hydrogens (tertiary/aromatic N) is 5. The highest BCUT2D eigenvalue weighted by molar-refractivity contribution is 7.22. The van der Waals surface area contributed by atoms with Crippen molar-refractivity contribution in [1.82, 2.24) is 4.98 Å². The Labute approximate surface area is 188 Å². The van der Waals surface area contributed by atoms with Gasteiger partial charge in [0.2, 0.25) is 5.13 Å². The van der Waals surface area contributed by atoms with Crippen LogP contribution >= 0.6 is 22.7 Å². The third-order valence-corrected chi connectivity index (χ3v) is 6.12. The fourth-order valence-electron chi connectivity index (χ4n) is 2.83. The first-order chi connectivity index (χ1) is 15.3. The number of aryl methyl sites for hydroxylation is 1. The van der Waals surface area contributed by atoms with Crippen molar-refractivity contribution in [3.63, 3.8) is 0 Å². The number of hydrazone groups is 1. The fraction of sp³-hybridized carbons (Fsp3) is 0.0500. The number of benzene rings is 2. The molecule has 32 heavy (non-hydrogen) atoms. The number of anilines is 1. The van der Waals surface area contributed by atoms with Crippen LogP contribution in [0.5, 0.6) is 0 Å². The number of amides is 1. The first kappa shape index (κ1) is 21.2. The number of nitro groups is 2. The van der Waals surface area contributed by atoms with Gasteiger partial charge in [-0.2, -0.15) is 10.1 Å². The smallest absolute Gasteiger partial charge is 0.267 e. The molecule has 0 N–H and O–H groups in total. The van der Waals surface area contributed by atoms with Gasteiger partial charge in [-0.3, -0.25) is 25.0 Å². The summed E-state index contributed by atoms with van der Waals surface area (Å²) in [4.78, 5) is 39.5. The van der Waals surface area contributed by atoms with Crippen molar-refractivity contribution in [2.75, 3.05) is 5.01 Å². The third-order valence-electron chi connectivity index (χ3n) is 4.32. The molecule has 10 nitrogen and oxygen atoms in total. The Bertz CT molecular complexity index is 1350. The normalized spacial score (nSPS) is 11.2. The molecule has 0 aliphatic rings. The van der Waals surface area contributed by atoms with Gasteiger partial charge in [-0.15, -0.1) is 11.3 Å². The number of thiophene rings is 1. The Balaban J connectivity index is 1.83. The summed E-state index contributed by atoms with van der Waals surface area (Å²) in [7, 11) is 0. The second-order valence-electron chi connectivity index (χ2n) is 6.60. The van der Waals surface area contributed by atoms with Crippen molar-refractivity contribution < 1.29 is 14.6 Å². The maximum absolute atomic E-state index is 13.3. The van der Waals surface area contributed by atoms with E-state index in [1.807, 2.05) is 36.6 Å². The molecule has 2 heterocycles. The van der Waals surface area contributed by atoms with Gasteiger partial charge < -0.3 is 0 Å². The van der Waals surface area contributed by atoms with Crippen LogP contribution in [0.15, 0.2) is 59.0 Å². The van der Waals surface area contributed by atoms with E-state index in [2.05, 4.69) is 10.1 Å². The summed E-state index contributed by atoms with van der Waals surface area (Å²) in [5.41, 5.74) is 0.297. The minimum atomic E-state index is -0.788. The summed E-state index contributed by atoms with van der Waals surface area (Å²) in [6.45, 7) is 1.93. The minimum Gasteiger partial charge on any atom is -0.267 e. The molecule has 0 fully saturated rings. The van der Waals surface area contributed by atoms with E-state index in [9.17, 15) is 25.0 Å². The lowest BCUT2D eigenvalue weighted by Crippen LogP contribution is -2.25. The predicted molar refractivity (Wildman–Crippen MR) is 123 cm³/mol. The van der Waals surface area contributed by atoms with Crippen LogP contribution < -0.4 is 5.01 Å². The van der Waals surface area contributed by atoms with Crippen LogP contribution in [0.25, 0.3) is 10.2 Å². The SMILES string of the molecule is Cc1ccc2nc(N(/N=C/c3cccs3)C(=O)c3cc([N+](=O)[O-])cc([N+](=O)[O-])c3)sc2c1. The summed E-state index contributed by atoms with van der Waals surface area (Å²) in [6, 6.07) is 12.0. The number of nitro benzene ring substituents is 2. The monoisotopic (exact) mass is 467 g/mol. The van der Waals surface area contributed by atoms with Gasteiger partial charge >= 0.3 is 0 Å². The van der Waals surface area contributed by atoms with Crippen LogP contribution in [0.3, 0.4) is 0 Å². The summed E-state index contributed by atoms with van der Waals surface area (Å²) < 4.78 is 0.828. The second-order valence-corrected chi connectivity index (χ2v) is 8.59. The molecule has 0 spiro atoms. The van der Waals surface area contributed by atoms with Crippen LogP contribution in [-0.4, -0.2) is 27.0 Å². The second kappa shape index (κ2) is 8.61. The van der Waals surface area contributed by atoms with Gasteiger partial charge in [-0.25, -0.2) is 4.98 Å². The average Bonchev–Trinajstić information content (AvgIpc) is 3.42. The molecule has 12 heteroatoms. The van der Waals surface area contributed by atoms with Crippen molar-refractivity contribution in [3.8, 4) is 0 Å². The van der Waals surface area contributed by atoms with Gasteiger partial charge in [0.05, 0.1) is 37.9 Å². The number of aromatic nitrogens is 1. The van der Waals surface area contributed by atoms with E-state index in [4.69, 9.17) is 0 Å². The fourth-order valence-corrected chi connectivity index (χ4v) is 4.43. The molecule has 1 amide bonds. The highest BCUT2D eigenvalue weighted by Gasteiger charge is 2.26. The minimum absolute atomic E-state index is 0.234. The van der Waals surface area contributed by atoms with Crippen LogP contribution in [-0.2, 0) is 0 Å². The largest absolute Gasteiger partial charge is 0.281 e. The summed E-state index contributed by atoms with van der Waals surface area (Å²) in [5, 5.41) is 29.8. The maximum atomic E-state index is 13.3. The Hall–Kier alpha value is -4.03. The first-order valence-corrected chi connectivity index (χ1v) is 10.7. The van der Waals surface area contributed by atoms with Gasteiger partial charge in [0, 0.05) is 17.0 Å². The van der Waals surface area contributed by atoms with E-state index in [1.165, 1.54) is 28.9 Å². The molecule has 0 bridgehead atoms. The quantitative estimate of drug-likeness (QED) is 0.218. The van der Waals surface area contributed by atoms with Gasteiger partial charge in [-0.1, -0.05) is 23.5 Å². The van der Waals surface area contributed by atoms with Crippen molar-refractivity contribution >= 4 is 61.5 Å². The van der Waals surface area contributed by atoms with E-state index in [0.717, 1.165) is 38.3 Å². The molecule has 0 aliphatic heterocycles. The van der Waals surface area contributed by atoms with Crippen molar-refractivity contribution in [1.29, 1.82) is 0 Å². The van der Waals surface area contributed by atoms with Crippen LogP contribution in [0.2, 0.25) is 0 Å². The van der Waals surface area contributed by atoms with Crippen LogP contribution in [0.4, 0.5) is 16.5 Å². The Kier molecular flexibility index (Phi) is 5.71. The molecule has 0 saturated carbocycles. The molecular formula is C20H13N5O5S2. The molecular weight excluding hydrogens is 454 g/mol. The zero-order chi connectivity index (χ0) is 22.8. The van der Waals surface area contributed by atoms with E-state index < -0.39 is 27.1 Å².